The van der Waals surface area contributed by atoms with E-state index in [2.05, 4.69) is 15.1 Å². The van der Waals surface area contributed by atoms with E-state index in [-0.39, 0.29) is 22.3 Å². The van der Waals surface area contributed by atoms with Crippen LogP contribution in [-0.2, 0) is 0 Å². The summed E-state index contributed by atoms with van der Waals surface area (Å²) < 4.78 is 4.50. The number of nitrogens with one attached hydrogen (secondary N) is 1. The third-order valence-corrected chi connectivity index (χ3v) is 4.60. The maximum absolute atomic E-state index is 11.7. The van der Waals surface area contributed by atoms with Gasteiger partial charge in [-0.05, 0) is 17.2 Å². The lowest BCUT2D eigenvalue weighted by molar-refractivity contribution is -0.810. The van der Waals surface area contributed by atoms with E-state index in [9.17, 15) is 20.4 Å². The molecule has 0 amide bonds. The van der Waals surface area contributed by atoms with Crippen molar-refractivity contribution in [3.05, 3.63) is 33.2 Å². The summed E-state index contributed by atoms with van der Waals surface area (Å²) in [5, 5.41) is 39.5. The van der Waals surface area contributed by atoms with Crippen LogP contribution in [0.4, 0.5) is 5.82 Å². The number of aromatic nitrogens is 2. The lowest BCUT2D eigenvalue weighted by Crippen LogP contribution is -2.63. The van der Waals surface area contributed by atoms with Gasteiger partial charge in [-0.3, -0.25) is 14.7 Å². The van der Waals surface area contributed by atoms with Gasteiger partial charge in [-0.2, -0.15) is 0 Å². The first-order valence-corrected chi connectivity index (χ1v) is 5.94. The van der Waals surface area contributed by atoms with Gasteiger partial charge in [0, 0.05) is 4.92 Å². The zero-order chi connectivity index (χ0) is 13.4. The second kappa shape index (κ2) is 3.05. The zero-order valence-electron chi connectivity index (χ0n) is 9.59. The maximum Gasteiger partial charge on any atom is 0.313 e. The van der Waals surface area contributed by atoms with E-state index in [1.165, 1.54) is 0 Å². The molecule has 9 heteroatoms. The molecule has 0 radical (unpaired) electrons. The van der Waals surface area contributed by atoms with Crippen molar-refractivity contribution in [3.8, 4) is 0 Å². The highest BCUT2D eigenvalue weighted by Gasteiger charge is 2.74. The molecule has 9 nitrogen and oxygen atoms in total. The van der Waals surface area contributed by atoms with Gasteiger partial charge in [-0.1, -0.05) is 12.2 Å². The summed E-state index contributed by atoms with van der Waals surface area (Å²) in [6.45, 7) is 0. The van der Waals surface area contributed by atoms with E-state index in [1.807, 2.05) is 6.08 Å². The SMILES string of the molecule is O=[N+]([O-])[C@@]12C(O)Nc3no[n+]([O-])c3[C@@H]1[C@H]1C=C[C@@H]2C1. The van der Waals surface area contributed by atoms with Crippen LogP contribution in [0.2, 0.25) is 0 Å². The summed E-state index contributed by atoms with van der Waals surface area (Å²) in [6.07, 6.45) is 2.77. The molecule has 2 N–H and O–H groups in total. The Morgan fingerprint density at radius 1 is 1.63 bits per heavy atom. The van der Waals surface area contributed by atoms with Crippen LogP contribution in [0.25, 0.3) is 0 Å². The number of nitro groups is 1. The highest BCUT2D eigenvalue weighted by molar-refractivity contribution is 5.49. The van der Waals surface area contributed by atoms with Gasteiger partial charge in [-0.25, -0.2) is 0 Å². The molecule has 1 aromatic heterocycles. The van der Waals surface area contributed by atoms with Crippen molar-refractivity contribution >= 4 is 5.82 Å². The van der Waals surface area contributed by atoms with Crippen LogP contribution >= 0.6 is 0 Å². The molecule has 5 atom stereocenters. The topological polar surface area (TPSA) is 128 Å². The van der Waals surface area contributed by atoms with Crippen molar-refractivity contribution in [3.63, 3.8) is 0 Å². The number of fused-ring (bicyclic) bond motifs is 7. The molecular formula is C10H10N4O5. The largest absolute Gasteiger partial charge is 0.367 e. The number of aliphatic hydroxyl groups is 1. The standard InChI is InChI=1S/C10H10N4O5/c15-9-10(14(17)18)5-2-1-4(3-5)6(10)7-8(11-9)12-19-13(7)16/h1-2,4-6,9,15H,3H2,(H,11,12)/t4-,5+,6-,9?,10+/m0/s1. The Kier molecular flexibility index (Phi) is 1.72. The second-order valence-corrected chi connectivity index (χ2v) is 5.22. The molecule has 3 aliphatic rings. The number of nitrogens with zero attached hydrogens (tertiary/aromatic N) is 3. The smallest absolute Gasteiger partial charge is 0.313 e. The number of rotatable bonds is 1. The molecular weight excluding hydrogens is 256 g/mol. The molecule has 4 rings (SSSR count). The molecule has 1 saturated carbocycles. The Morgan fingerprint density at radius 3 is 3.16 bits per heavy atom. The fraction of sp³-hybridized carbons (Fsp3) is 0.600. The van der Waals surface area contributed by atoms with Crippen LogP contribution in [-0.4, -0.2) is 27.0 Å². The Balaban J connectivity index is 2.00. The van der Waals surface area contributed by atoms with Gasteiger partial charge in [0.05, 0.1) is 11.1 Å². The minimum atomic E-state index is -1.62. The maximum atomic E-state index is 11.7. The lowest BCUT2D eigenvalue weighted by atomic mass is 9.71. The van der Waals surface area contributed by atoms with Crippen molar-refractivity contribution in [2.75, 3.05) is 5.32 Å². The van der Waals surface area contributed by atoms with Crippen molar-refractivity contribution in [2.45, 2.75) is 24.1 Å². The zero-order valence-corrected chi connectivity index (χ0v) is 9.59. The van der Waals surface area contributed by atoms with Gasteiger partial charge in [0.2, 0.25) is 11.9 Å². The molecule has 1 aliphatic heterocycles. The van der Waals surface area contributed by atoms with Gasteiger partial charge in [-0.15, -0.1) is 0 Å². The molecule has 2 bridgehead atoms. The van der Waals surface area contributed by atoms with Gasteiger partial charge in [0.1, 0.15) is 5.92 Å². The molecule has 1 aromatic rings. The molecule has 100 valence electrons. The molecule has 2 aliphatic carbocycles. The Bertz CT molecular complexity index is 613. The van der Waals surface area contributed by atoms with Crippen LogP contribution in [0.5, 0.6) is 0 Å². The van der Waals surface area contributed by atoms with Crippen LogP contribution < -0.4 is 10.2 Å². The molecule has 0 spiro atoms. The molecule has 19 heavy (non-hydrogen) atoms. The van der Waals surface area contributed by atoms with E-state index < -0.39 is 28.5 Å². The first-order chi connectivity index (χ1) is 9.06. The van der Waals surface area contributed by atoms with E-state index in [4.69, 9.17) is 0 Å². The summed E-state index contributed by atoms with van der Waals surface area (Å²) >= 11 is 0. The van der Waals surface area contributed by atoms with Crippen molar-refractivity contribution < 1.29 is 19.6 Å². The predicted octanol–water partition coefficient (Wildman–Crippen LogP) is -0.643. The first-order valence-electron chi connectivity index (χ1n) is 5.94. The number of hydrogen-bond donors (Lipinski definition) is 2. The molecule has 1 unspecified atom stereocenters. The number of anilines is 1. The average molecular weight is 266 g/mol. The molecule has 0 saturated heterocycles. The van der Waals surface area contributed by atoms with E-state index in [1.54, 1.807) is 6.08 Å². The number of allylic oxidation sites excluding steroid dienone is 1. The quantitative estimate of drug-likeness (QED) is 0.299. The fourth-order valence-corrected chi connectivity index (χ4v) is 3.90. The summed E-state index contributed by atoms with van der Waals surface area (Å²) in [5.74, 6) is -1.17. The Labute approximate surface area is 106 Å². The van der Waals surface area contributed by atoms with E-state index in [0.29, 0.717) is 6.42 Å². The van der Waals surface area contributed by atoms with Crippen LogP contribution in [0.3, 0.4) is 0 Å². The van der Waals surface area contributed by atoms with Gasteiger partial charge < -0.3 is 15.6 Å². The Morgan fingerprint density at radius 2 is 2.42 bits per heavy atom. The highest BCUT2D eigenvalue weighted by Crippen LogP contribution is 2.60. The van der Waals surface area contributed by atoms with Gasteiger partial charge in [0.15, 0.2) is 0 Å². The third-order valence-electron chi connectivity index (χ3n) is 4.60. The van der Waals surface area contributed by atoms with Crippen LogP contribution in [0.15, 0.2) is 16.8 Å². The number of aliphatic hydroxyl groups excluding tert-OH is 1. The van der Waals surface area contributed by atoms with Crippen LogP contribution in [0.1, 0.15) is 18.0 Å². The summed E-state index contributed by atoms with van der Waals surface area (Å²) in [6, 6.07) is 0. The van der Waals surface area contributed by atoms with Crippen molar-refractivity contribution in [2.24, 2.45) is 11.8 Å². The molecule has 2 heterocycles. The van der Waals surface area contributed by atoms with Crippen molar-refractivity contribution in [1.82, 2.24) is 5.16 Å². The second-order valence-electron chi connectivity index (χ2n) is 5.22. The lowest BCUT2D eigenvalue weighted by Gasteiger charge is -2.38. The van der Waals surface area contributed by atoms with Crippen LogP contribution in [0, 0.1) is 27.2 Å². The molecule has 0 aromatic carbocycles. The predicted molar refractivity (Wildman–Crippen MR) is 58.3 cm³/mol. The Hall–Kier alpha value is -2.16. The number of hydrogen-bond acceptors (Lipinski definition) is 7. The highest BCUT2D eigenvalue weighted by atomic mass is 16.8. The average Bonchev–Trinajstić information content (AvgIpc) is 3.03. The third kappa shape index (κ3) is 0.973. The summed E-state index contributed by atoms with van der Waals surface area (Å²) in [7, 11) is 0. The first kappa shape index (κ1) is 10.7. The summed E-state index contributed by atoms with van der Waals surface area (Å²) in [4.78, 5) is 11.3. The summed E-state index contributed by atoms with van der Waals surface area (Å²) in [5.41, 5.74) is -1.51. The van der Waals surface area contributed by atoms with Crippen molar-refractivity contribution in [1.29, 1.82) is 0 Å². The normalized spacial score (nSPS) is 41.7. The monoisotopic (exact) mass is 266 g/mol. The minimum Gasteiger partial charge on any atom is -0.367 e. The van der Waals surface area contributed by atoms with E-state index >= 15 is 0 Å². The van der Waals surface area contributed by atoms with E-state index in [0.717, 1.165) is 0 Å². The van der Waals surface area contributed by atoms with Gasteiger partial charge in [0.25, 0.3) is 5.54 Å². The molecule has 1 fully saturated rings. The minimum absolute atomic E-state index is 0.0888. The fourth-order valence-electron chi connectivity index (χ4n) is 3.90. The van der Waals surface area contributed by atoms with Gasteiger partial charge >= 0.3 is 5.82 Å².